The number of rotatable bonds is 5. The van der Waals surface area contributed by atoms with Crippen molar-refractivity contribution in [3.8, 4) is 0 Å². The summed E-state index contributed by atoms with van der Waals surface area (Å²) in [4.78, 5) is 6.63. The van der Waals surface area contributed by atoms with Gasteiger partial charge < -0.3 is 9.47 Å². The lowest BCUT2D eigenvalue weighted by molar-refractivity contribution is 0.280. The van der Waals surface area contributed by atoms with Crippen LogP contribution in [-0.2, 0) is 13.5 Å². The molecule has 0 aliphatic heterocycles. The molecule has 1 aromatic rings. The van der Waals surface area contributed by atoms with Crippen molar-refractivity contribution in [1.29, 1.82) is 0 Å². The van der Waals surface area contributed by atoms with Gasteiger partial charge in [-0.25, -0.2) is 4.98 Å². The summed E-state index contributed by atoms with van der Waals surface area (Å²) in [6.07, 6.45) is 4.85. The predicted molar refractivity (Wildman–Crippen MR) is 62.8 cm³/mol. The molecule has 80 valence electrons. The first-order valence-corrected chi connectivity index (χ1v) is 5.99. The largest absolute Gasteiger partial charge is 0.338 e. The Kier molecular flexibility index (Phi) is 4.62. The fourth-order valence-corrected chi connectivity index (χ4v) is 1.75. The molecule has 1 rings (SSSR count). The first kappa shape index (κ1) is 11.7. The van der Waals surface area contributed by atoms with Crippen LogP contribution < -0.4 is 0 Å². The Balaban J connectivity index is 2.37. The number of nitrogens with zero attached hydrogens (tertiary/aromatic N) is 3. The summed E-state index contributed by atoms with van der Waals surface area (Å²) in [5.41, 5.74) is 0. The fraction of sp³-hybridized carbons (Fsp3) is 0.700. The molecule has 0 saturated carbocycles. The van der Waals surface area contributed by atoms with E-state index in [0.717, 1.165) is 24.1 Å². The van der Waals surface area contributed by atoms with E-state index in [2.05, 4.69) is 44.4 Å². The summed E-state index contributed by atoms with van der Waals surface area (Å²) in [5, 5.41) is 1.02. The van der Waals surface area contributed by atoms with E-state index >= 15 is 0 Å². The van der Waals surface area contributed by atoms with Gasteiger partial charge in [-0.15, -0.1) is 0 Å². The smallest absolute Gasteiger partial charge is 0.109 e. The van der Waals surface area contributed by atoms with E-state index in [1.54, 1.807) is 0 Å². The molecular formula is C10H18BrN3. The summed E-state index contributed by atoms with van der Waals surface area (Å²) >= 11 is 3.49. The molecule has 0 bridgehead atoms. The zero-order chi connectivity index (χ0) is 10.6. The van der Waals surface area contributed by atoms with Gasteiger partial charge in [0.1, 0.15) is 5.82 Å². The molecule has 0 radical (unpaired) electrons. The van der Waals surface area contributed by atoms with Crippen LogP contribution in [0.5, 0.6) is 0 Å². The molecule has 0 aliphatic carbocycles. The van der Waals surface area contributed by atoms with Gasteiger partial charge in [-0.3, -0.25) is 0 Å². The average Bonchev–Trinajstić information content (AvgIpc) is 2.59. The van der Waals surface area contributed by atoms with Gasteiger partial charge in [-0.05, 0) is 14.0 Å². The Labute approximate surface area is 94.3 Å². The van der Waals surface area contributed by atoms with Gasteiger partial charge in [0, 0.05) is 43.8 Å². The van der Waals surface area contributed by atoms with Crippen LogP contribution in [-0.4, -0.2) is 39.4 Å². The highest BCUT2D eigenvalue weighted by Crippen LogP contribution is 2.02. The maximum absolute atomic E-state index is 4.30. The standard InChI is InChI=1S/C10H18BrN3/c1-9(8-11)13(2)6-4-10-12-5-7-14(10)3/h5,7,9H,4,6,8H2,1-3H3. The van der Waals surface area contributed by atoms with Crippen LogP contribution in [0.15, 0.2) is 12.4 Å². The number of aryl methyl sites for hydroxylation is 1. The third-order valence-electron chi connectivity index (χ3n) is 2.58. The zero-order valence-corrected chi connectivity index (χ0v) is 10.7. The zero-order valence-electron chi connectivity index (χ0n) is 9.07. The lowest BCUT2D eigenvalue weighted by atomic mass is 10.3. The molecule has 1 atom stereocenters. The molecule has 14 heavy (non-hydrogen) atoms. The van der Waals surface area contributed by atoms with Crippen molar-refractivity contribution in [2.45, 2.75) is 19.4 Å². The summed E-state index contributed by atoms with van der Waals surface area (Å²) in [7, 11) is 4.19. The minimum atomic E-state index is 0.579. The fourth-order valence-electron chi connectivity index (χ4n) is 1.25. The number of aromatic nitrogens is 2. The third-order valence-corrected chi connectivity index (χ3v) is 3.52. The number of hydrogen-bond donors (Lipinski definition) is 0. The van der Waals surface area contributed by atoms with E-state index in [-0.39, 0.29) is 0 Å². The molecule has 0 aliphatic rings. The Morgan fingerprint density at radius 2 is 2.36 bits per heavy atom. The number of alkyl halides is 1. The predicted octanol–water partition coefficient (Wildman–Crippen LogP) is 1.68. The van der Waals surface area contributed by atoms with Crippen LogP contribution in [0.4, 0.5) is 0 Å². The van der Waals surface area contributed by atoms with Crippen LogP contribution in [0, 0.1) is 0 Å². The molecule has 0 N–H and O–H groups in total. The van der Waals surface area contributed by atoms with Gasteiger partial charge >= 0.3 is 0 Å². The monoisotopic (exact) mass is 259 g/mol. The van der Waals surface area contributed by atoms with Crippen molar-refractivity contribution in [3.05, 3.63) is 18.2 Å². The van der Waals surface area contributed by atoms with Crippen LogP contribution in [0.1, 0.15) is 12.7 Å². The van der Waals surface area contributed by atoms with E-state index in [1.165, 1.54) is 0 Å². The molecule has 0 fully saturated rings. The molecule has 0 amide bonds. The number of hydrogen-bond acceptors (Lipinski definition) is 2. The summed E-state index contributed by atoms with van der Waals surface area (Å²) in [6, 6.07) is 0.579. The van der Waals surface area contributed by atoms with Crippen molar-refractivity contribution in [2.75, 3.05) is 18.9 Å². The molecule has 0 saturated heterocycles. The van der Waals surface area contributed by atoms with E-state index in [0.29, 0.717) is 6.04 Å². The SMILES string of the molecule is CC(CBr)N(C)CCc1nccn1C. The molecule has 4 heteroatoms. The van der Waals surface area contributed by atoms with Crippen molar-refractivity contribution < 1.29 is 0 Å². The van der Waals surface area contributed by atoms with E-state index in [4.69, 9.17) is 0 Å². The Morgan fingerprint density at radius 3 is 2.86 bits per heavy atom. The van der Waals surface area contributed by atoms with Gasteiger partial charge in [0.25, 0.3) is 0 Å². The summed E-state index contributed by atoms with van der Waals surface area (Å²) in [6.45, 7) is 3.27. The minimum Gasteiger partial charge on any atom is -0.338 e. The number of likely N-dealkylation sites (N-methyl/N-ethyl adjacent to an activating group) is 1. The summed E-state index contributed by atoms with van der Waals surface area (Å²) < 4.78 is 2.08. The number of halogens is 1. The average molecular weight is 260 g/mol. The second-order valence-corrected chi connectivity index (χ2v) is 4.34. The van der Waals surface area contributed by atoms with Crippen LogP contribution >= 0.6 is 15.9 Å². The second kappa shape index (κ2) is 5.51. The van der Waals surface area contributed by atoms with Crippen LogP contribution in [0.25, 0.3) is 0 Å². The van der Waals surface area contributed by atoms with Crippen molar-refractivity contribution >= 4 is 15.9 Å². The van der Waals surface area contributed by atoms with Crippen LogP contribution in [0.3, 0.4) is 0 Å². The van der Waals surface area contributed by atoms with E-state index in [1.807, 2.05) is 19.4 Å². The van der Waals surface area contributed by atoms with Gasteiger partial charge in [-0.2, -0.15) is 0 Å². The van der Waals surface area contributed by atoms with Gasteiger partial charge in [-0.1, -0.05) is 15.9 Å². The molecule has 1 aromatic heterocycles. The highest BCUT2D eigenvalue weighted by molar-refractivity contribution is 9.09. The van der Waals surface area contributed by atoms with E-state index < -0.39 is 0 Å². The topological polar surface area (TPSA) is 21.1 Å². The third kappa shape index (κ3) is 3.10. The lowest BCUT2D eigenvalue weighted by Gasteiger charge is -2.22. The Hall–Kier alpha value is -0.350. The molecule has 0 aromatic carbocycles. The lowest BCUT2D eigenvalue weighted by Crippen LogP contribution is -2.32. The first-order valence-electron chi connectivity index (χ1n) is 4.87. The molecule has 3 nitrogen and oxygen atoms in total. The Bertz CT molecular complexity index is 272. The quantitative estimate of drug-likeness (QED) is 0.751. The molecule has 1 unspecified atom stereocenters. The maximum atomic E-state index is 4.30. The molecular weight excluding hydrogens is 242 g/mol. The highest BCUT2D eigenvalue weighted by Gasteiger charge is 2.08. The van der Waals surface area contributed by atoms with Crippen molar-refractivity contribution in [3.63, 3.8) is 0 Å². The van der Waals surface area contributed by atoms with Crippen molar-refractivity contribution in [2.24, 2.45) is 7.05 Å². The minimum absolute atomic E-state index is 0.579. The van der Waals surface area contributed by atoms with Crippen LogP contribution in [0.2, 0.25) is 0 Å². The summed E-state index contributed by atoms with van der Waals surface area (Å²) in [5.74, 6) is 1.15. The Morgan fingerprint density at radius 1 is 1.64 bits per heavy atom. The second-order valence-electron chi connectivity index (χ2n) is 3.69. The van der Waals surface area contributed by atoms with Gasteiger partial charge in [0.15, 0.2) is 0 Å². The highest BCUT2D eigenvalue weighted by atomic mass is 79.9. The van der Waals surface area contributed by atoms with E-state index in [9.17, 15) is 0 Å². The first-order chi connectivity index (χ1) is 6.65. The van der Waals surface area contributed by atoms with Gasteiger partial charge in [0.05, 0.1) is 0 Å². The maximum Gasteiger partial charge on any atom is 0.109 e. The van der Waals surface area contributed by atoms with Crippen molar-refractivity contribution in [1.82, 2.24) is 14.5 Å². The van der Waals surface area contributed by atoms with Gasteiger partial charge in [0.2, 0.25) is 0 Å². The number of imidazole rings is 1. The molecule has 0 spiro atoms. The normalized spacial score (nSPS) is 13.5. The molecule has 1 heterocycles.